The highest BCUT2D eigenvalue weighted by Gasteiger charge is 2.22. The summed E-state index contributed by atoms with van der Waals surface area (Å²) in [6.07, 6.45) is 2.71. The molecule has 3 aromatic carbocycles. The summed E-state index contributed by atoms with van der Waals surface area (Å²) >= 11 is 0. The monoisotopic (exact) mass is 504 g/mol. The molecule has 0 saturated carbocycles. The topological polar surface area (TPSA) is 65.0 Å². The number of phenols is 1. The lowest BCUT2D eigenvalue weighted by atomic mass is 9.78. The second-order valence-corrected chi connectivity index (χ2v) is 9.82. The van der Waals surface area contributed by atoms with Gasteiger partial charge in [-0.2, -0.15) is 0 Å². The first-order valence-corrected chi connectivity index (χ1v) is 13.1. The van der Waals surface area contributed by atoms with Crippen molar-refractivity contribution in [2.45, 2.75) is 71.0 Å². The van der Waals surface area contributed by atoms with Crippen LogP contribution in [0, 0.1) is 0 Å². The first kappa shape index (κ1) is 28.3. The third-order valence-corrected chi connectivity index (χ3v) is 6.94. The number of carbonyl (C=O) groups is 1. The van der Waals surface area contributed by atoms with E-state index in [-0.39, 0.29) is 24.4 Å². The van der Waals surface area contributed by atoms with Crippen LogP contribution in [-0.2, 0) is 9.53 Å². The van der Waals surface area contributed by atoms with Crippen LogP contribution >= 0.6 is 0 Å². The number of carbonyl (C=O) groups excluding carboxylic acids is 1. The van der Waals surface area contributed by atoms with Crippen molar-refractivity contribution in [3.05, 3.63) is 89.5 Å². The first-order chi connectivity index (χ1) is 17.8. The number of methoxy groups -OCH3 is 1. The molecule has 37 heavy (non-hydrogen) atoms. The Balaban J connectivity index is 1.81. The molecule has 5 nitrogen and oxygen atoms in total. The minimum atomic E-state index is -0.291. The predicted molar refractivity (Wildman–Crippen MR) is 148 cm³/mol. The van der Waals surface area contributed by atoms with Crippen LogP contribution < -0.4 is 9.47 Å². The molecular formula is C32H40O5. The molecule has 3 aromatic rings. The normalized spacial score (nSPS) is 14.4. The van der Waals surface area contributed by atoms with E-state index in [0.29, 0.717) is 23.5 Å². The van der Waals surface area contributed by atoms with Crippen molar-refractivity contribution < 1.29 is 24.1 Å². The molecule has 3 rings (SSSR count). The van der Waals surface area contributed by atoms with Crippen molar-refractivity contribution in [1.82, 2.24) is 0 Å². The number of phenolic OH excluding ortho intramolecular Hbond substituents is 1. The number of ketones is 1. The van der Waals surface area contributed by atoms with Gasteiger partial charge in [0.15, 0.2) is 12.1 Å². The highest BCUT2D eigenvalue weighted by atomic mass is 16.7. The number of hydrogen-bond donors (Lipinski definition) is 1. The zero-order valence-electron chi connectivity index (χ0n) is 22.6. The largest absolute Gasteiger partial charge is 0.508 e. The number of aromatic hydroxyl groups is 1. The Morgan fingerprint density at radius 2 is 1.32 bits per heavy atom. The smallest absolute Gasteiger partial charge is 0.196 e. The summed E-state index contributed by atoms with van der Waals surface area (Å²) in [5, 5.41) is 9.71. The van der Waals surface area contributed by atoms with E-state index >= 15 is 0 Å². The lowest BCUT2D eigenvalue weighted by molar-refractivity contribution is -0.118. The predicted octanol–water partition coefficient (Wildman–Crippen LogP) is 7.59. The molecule has 5 heteroatoms. The van der Waals surface area contributed by atoms with E-state index in [9.17, 15) is 9.90 Å². The molecule has 0 aliphatic heterocycles. The second-order valence-electron chi connectivity index (χ2n) is 9.82. The van der Waals surface area contributed by atoms with Crippen LogP contribution in [-0.4, -0.2) is 30.9 Å². The van der Waals surface area contributed by atoms with Gasteiger partial charge in [0.1, 0.15) is 23.9 Å². The summed E-state index contributed by atoms with van der Waals surface area (Å²) in [6.45, 7) is 7.96. The van der Waals surface area contributed by atoms with Crippen molar-refractivity contribution in [1.29, 1.82) is 0 Å². The molecule has 0 amide bonds. The summed E-state index contributed by atoms with van der Waals surface area (Å²) in [5.41, 5.74) is 3.77. The molecule has 4 unspecified atom stereocenters. The Hall–Kier alpha value is -3.31. The number of hydrogen-bond acceptors (Lipinski definition) is 5. The molecule has 1 N–H and O–H groups in total. The van der Waals surface area contributed by atoms with Gasteiger partial charge in [0.05, 0.1) is 0 Å². The van der Waals surface area contributed by atoms with Gasteiger partial charge in [-0.15, -0.1) is 0 Å². The quantitative estimate of drug-likeness (QED) is 0.229. The van der Waals surface area contributed by atoms with Gasteiger partial charge in [-0.3, -0.25) is 4.79 Å². The molecule has 0 spiro atoms. The first-order valence-electron chi connectivity index (χ1n) is 13.1. The van der Waals surface area contributed by atoms with E-state index in [1.165, 1.54) is 23.6 Å². The van der Waals surface area contributed by atoms with Crippen LogP contribution in [0.4, 0.5) is 0 Å². The summed E-state index contributed by atoms with van der Waals surface area (Å²) in [6, 6.07) is 24.0. The highest BCUT2D eigenvalue weighted by molar-refractivity contribution is 5.77. The maximum Gasteiger partial charge on any atom is 0.196 e. The summed E-state index contributed by atoms with van der Waals surface area (Å²) in [7, 11) is 1.63. The van der Waals surface area contributed by atoms with E-state index in [4.69, 9.17) is 14.2 Å². The fourth-order valence-electron chi connectivity index (χ4n) is 4.70. The summed E-state index contributed by atoms with van der Waals surface area (Å²) in [5.74, 6) is 2.82. The van der Waals surface area contributed by atoms with E-state index in [2.05, 4.69) is 38.1 Å². The molecule has 0 fully saturated rings. The summed E-state index contributed by atoms with van der Waals surface area (Å²) in [4.78, 5) is 11.3. The lowest BCUT2D eigenvalue weighted by Crippen LogP contribution is -2.13. The lowest BCUT2D eigenvalue weighted by Gasteiger charge is -2.27. The maximum absolute atomic E-state index is 11.3. The molecule has 0 heterocycles. The molecule has 4 atom stereocenters. The Bertz CT molecular complexity index is 1090. The van der Waals surface area contributed by atoms with Crippen molar-refractivity contribution in [3.8, 4) is 17.2 Å². The molecule has 0 saturated heterocycles. The Morgan fingerprint density at radius 1 is 0.784 bits per heavy atom. The van der Waals surface area contributed by atoms with Crippen molar-refractivity contribution in [2.24, 2.45) is 0 Å². The molecule has 0 bridgehead atoms. The van der Waals surface area contributed by atoms with E-state index in [1.807, 2.05) is 43.3 Å². The van der Waals surface area contributed by atoms with Crippen LogP contribution in [0.25, 0.3) is 0 Å². The Kier molecular flexibility index (Phi) is 10.6. The Labute approximate surface area is 221 Å². The standard InChI is InChI=1S/C32H40O5/c1-6-25(27-11-17-32(18-12-27)37-24(4)35-5)20-29(19-22(2)26-7-13-30(34)14-8-26)28-9-15-31(16-10-28)36-21-23(3)33/h7-18,22,24-25,29,34H,6,19-21H2,1-5H3. The fraction of sp³-hybridized carbons (Fsp3) is 0.406. The van der Waals surface area contributed by atoms with Crippen molar-refractivity contribution in [3.63, 3.8) is 0 Å². The third kappa shape index (κ3) is 8.64. The van der Waals surface area contributed by atoms with Crippen LogP contribution in [0.1, 0.15) is 81.4 Å². The van der Waals surface area contributed by atoms with Crippen molar-refractivity contribution >= 4 is 5.78 Å². The SMILES string of the molecule is CCC(CC(CC(C)c1ccc(O)cc1)c1ccc(OCC(C)=O)cc1)c1ccc(OC(C)OC)cc1. The molecule has 198 valence electrons. The highest BCUT2D eigenvalue weighted by Crippen LogP contribution is 2.39. The number of ether oxygens (including phenoxy) is 3. The second kappa shape index (κ2) is 13.8. The summed E-state index contributed by atoms with van der Waals surface area (Å²) < 4.78 is 16.6. The zero-order valence-corrected chi connectivity index (χ0v) is 22.6. The van der Waals surface area contributed by atoms with Gasteiger partial charge in [-0.05, 0) is 104 Å². The average Bonchev–Trinajstić information content (AvgIpc) is 2.91. The minimum Gasteiger partial charge on any atom is -0.508 e. The van der Waals surface area contributed by atoms with Crippen molar-refractivity contribution in [2.75, 3.05) is 13.7 Å². The molecule has 0 aliphatic carbocycles. The number of benzene rings is 3. The van der Waals surface area contributed by atoms with Gasteiger partial charge < -0.3 is 19.3 Å². The van der Waals surface area contributed by atoms with Crippen LogP contribution in [0.5, 0.6) is 17.2 Å². The minimum absolute atomic E-state index is 0.00330. The van der Waals surface area contributed by atoms with Crippen LogP contribution in [0.15, 0.2) is 72.8 Å². The van der Waals surface area contributed by atoms with Gasteiger partial charge in [0, 0.05) is 7.11 Å². The number of rotatable bonds is 14. The molecule has 0 aromatic heterocycles. The van der Waals surface area contributed by atoms with E-state index < -0.39 is 0 Å². The Morgan fingerprint density at radius 3 is 1.86 bits per heavy atom. The van der Waals surface area contributed by atoms with Gasteiger partial charge in [-0.1, -0.05) is 50.2 Å². The van der Waals surface area contributed by atoms with Gasteiger partial charge >= 0.3 is 0 Å². The molecule has 0 radical (unpaired) electrons. The maximum atomic E-state index is 11.3. The van der Waals surface area contributed by atoms with E-state index in [1.54, 1.807) is 19.2 Å². The third-order valence-electron chi connectivity index (χ3n) is 6.94. The van der Waals surface area contributed by atoms with Crippen LogP contribution in [0.2, 0.25) is 0 Å². The number of Topliss-reactive ketones (excluding diaryl/α,β-unsaturated/α-hetero) is 1. The molecule has 0 aliphatic rings. The van der Waals surface area contributed by atoms with Gasteiger partial charge in [-0.25, -0.2) is 0 Å². The van der Waals surface area contributed by atoms with Crippen LogP contribution in [0.3, 0.4) is 0 Å². The molecular weight excluding hydrogens is 464 g/mol. The average molecular weight is 505 g/mol. The fourth-order valence-corrected chi connectivity index (χ4v) is 4.70. The van der Waals surface area contributed by atoms with E-state index in [0.717, 1.165) is 25.0 Å². The van der Waals surface area contributed by atoms with Gasteiger partial charge in [0.25, 0.3) is 0 Å². The zero-order chi connectivity index (χ0) is 26.8. The van der Waals surface area contributed by atoms with Gasteiger partial charge in [0.2, 0.25) is 0 Å².